The van der Waals surface area contributed by atoms with Crippen LogP contribution in [0.3, 0.4) is 0 Å². The average Bonchev–Trinajstić information content (AvgIpc) is 3.14. The number of aliphatic hydroxyl groups is 1. The lowest BCUT2D eigenvalue weighted by Crippen LogP contribution is -2.30. The minimum Gasteiger partial charge on any atom is -0.462 e. The summed E-state index contributed by atoms with van der Waals surface area (Å²) in [6.07, 6.45) is 50.1. The molecule has 3 unspecified atom stereocenters. The fourth-order valence-electron chi connectivity index (χ4n) is 11.2. The van der Waals surface area contributed by atoms with Gasteiger partial charge >= 0.3 is 39.5 Å². The van der Waals surface area contributed by atoms with Gasteiger partial charge in [0.25, 0.3) is 0 Å². The number of hydrogen-bond donors (Lipinski definition) is 3. The smallest absolute Gasteiger partial charge is 0.462 e. The molecule has 0 amide bonds. The molecule has 0 saturated heterocycles. The van der Waals surface area contributed by atoms with Gasteiger partial charge in [0.2, 0.25) is 0 Å². The van der Waals surface area contributed by atoms with Crippen molar-refractivity contribution in [3.8, 4) is 0 Å². The molecule has 0 aromatic carbocycles. The van der Waals surface area contributed by atoms with E-state index in [2.05, 4.69) is 48.5 Å². The van der Waals surface area contributed by atoms with Crippen molar-refractivity contribution in [2.24, 2.45) is 17.8 Å². The van der Waals surface area contributed by atoms with Gasteiger partial charge in [-0.2, -0.15) is 0 Å². The topological polar surface area (TPSA) is 237 Å². The highest BCUT2D eigenvalue weighted by atomic mass is 31.2. The zero-order valence-electron chi connectivity index (χ0n) is 60.7. The van der Waals surface area contributed by atoms with E-state index < -0.39 is 97.5 Å². The summed E-state index contributed by atoms with van der Waals surface area (Å²) in [7, 11) is -9.91. The van der Waals surface area contributed by atoms with E-state index in [1.807, 2.05) is 0 Å². The lowest BCUT2D eigenvalue weighted by molar-refractivity contribution is -0.161. The summed E-state index contributed by atoms with van der Waals surface area (Å²) in [5, 5.41) is 10.6. The molecule has 19 heteroatoms. The van der Waals surface area contributed by atoms with Gasteiger partial charge in [-0.15, -0.1) is 0 Å². The van der Waals surface area contributed by atoms with Crippen molar-refractivity contribution in [1.29, 1.82) is 0 Å². The van der Waals surface area contributed by atoms with Gasteiger partial charge in [0.1, 0.15) is 19.3 Å². The number of phosphoric acid groups is 2. The van der Waals surface area contributed by atoms with E-state index in [0.29, 0.717) is 31.6 Å². The molecule has 6 atom stereocenters. The van der Waals surface area contributed by atoms with Gasteiger partial charge < -0.3 is 33.8 Å². The maximum atomic E-state index is 13.1. The van der Waals surface area contributed by atoms with Gasteiger partial charge in [-0.05, 0) is 43.4 Å². The van der Waals surface area contributed by atoms with Crippen LogP contribution in [0, 0.1) is 17.8 Å². The van der Waals surface area contributed by atoms with Gasteiger partial charge in [0, 0.05) is 25.7 Å². The summed E-state index contributed by atoms with van der Waals surface area (Å²) < 4.78 is 68.4. The van der Waals surface area contributed by atoms with Crippen LogP contribution in [0.2, 0.25) is 0 Å². The summed E-state index contributed by atoms with van der Waals surface area (Å²) in [4.78, 5) is 72.7. The second-order valence-corrected chi connectivity index (χ2v) is 30.8. The van der Waals surface area contributed by atoms with Crippen molar-refractivity contribution >= 4 is 39.5 Å². The third kappa shape index (κ3) is 67.0. The van der Waals surface area contributed by atoms with Crippen LogP contribution in [0.5, 0.6) is 0 Å². The Morgan fingerprint density at radius 1 is 0.312 bits per heavy atom. The van der Waals surface area contributed by atoms with Gasteiger partial charge in [-0.1, -0.05) is 325 Å². The minimum absolute atomic E-state index is 0.103. The maximum Gasteiger partial charge on any atom is 0.472 e. The second kappa shape index (κ2) is 64.7. The molecule has 0 aromatic rings. The van der Waals surface area contributed by atoms with Crippen molar-refractivity contribution in [2.45, 2.75) is 394 Å². The van der Waals surface area contributed by atoms with Crippen LogP contribution in [0.25, 0.3) is 0 Å². The quantitative estimate of drug-likeness (QED) is 0.0222. The number of rotatable bonds is 72. The lowest BCUT2D eigenvalue weighted by atomic mass is 10.00. The number of aliphatic hydroxyl groups excluding tert-OH is 1. The van der Waals surface area contributed by atoms with E-state index >= 15 is 0 Å². The Balaban J connectivity index is 5.22. The number of unbranched alkanes of at least 4 members (excludes halogenated alkanes) is 39. The average molecular weight is 1370 g/mol. The summed E-state index contributed by atoms with van der Waals surface area (Å²) in [6.45, 7) is 11.8. The van der Waals surface area contributed by atoms with Crippen LogP contribution in [0.15, 0.2) is 0 Å². The maximum absolute atomic E-state index is 13.1. The normalized spacial score (nSPS) is 14.4. The zero-order chi connectivity index (χ0) is 68.7. The van der Waals surface area contributed by atoms with E-state index in [1.165, 1.54) is 180 Å². The van der Waals surface area contributed by atoms with Crippen molar-refractivity contribution in [2.75, 3.05) is 39.6 Å². The Hall–Kier alpha value is -1.94. The lowest BCUT2D eigenvalue weighted by Gasteiger charge is -2.21. The van der Waals surface area contributed by atoms with Crippen LogP contribution in [0.1, 0.15) is 376 Å². The highest BCUT2D eigenvalue weighted by Crippen LogP contribution is 2.45. The van der Waals surface area contributed by atoms with Crippen molar-refractivity contribution in [3.63, 3.8) is 0 Å². The predicted octanol–water partition coefficient (Wildman–Crippen LogP) is 21.4. The SMILES string of the molecule is CCCCCCCCCCCCCCCCC(=O)OC[C@H](COP(=O)(O)OC[C@@H](O)COP(=O)(O)OC[C@@H](COC(=O)CCCCCCCCC(C)CC)OC(=O)CCCCCCCCCC(C)C)OC(=O)CCCCCCCCCCCCCCCCCCC(C)C. The molecule has 93 heavy (non-hydrogen) atoms. The highest BCUT2D eigenvalue weighted by Gasteiger charge is 2.30. The first kappa shape index (κ1) is 91.1. The minimum atomic E-state index is -4.96. The molecule has 0 spiro atoms. The molecule has 0 rings (SSSR count). The molecule has 0 heterocycles. The molecule has 0 fully saturated rings. The second-order valence-electron chi connectivity index (χ2n) is 27.9. The number of ether oxygens (including phenoxy) is 4. The van der Waals surface area contributed by atoms with E-state index in [9.17, 15) is 43.2 Å². The molecule has 3 N–H and O–H groups in total. The monoisotopic (exact) mass is 1370 g/mol. The van der Waals surface area contributed by atoms with Crippen LogP contribution >= 0.6 is 15.6 Å². The molecule has 0 aliphatic rings. The molecule has 552 valence electrons. The number of esters is 4. The summed E-state index contributed by atoms with van der Waals surface area (Å²) in [5.41, 5.74) is 0. The number of phosphoric ester groups is 2. The van der Waals surface area contributed by atoms with E-state index in [-0.39, 0.29) is 25.7 Å². The van der Waals surface area contributed by atoms with Crippen molar-refractivity contribution in [1.82, 2.24) is 0 Å². The zero-order valence-corrected chi connectivity index (χ0v) is 62.5. The summed E-state index contributed by atoms with van der Waals surface area (Å²) in [5.74, 6) is 0.112. The van der Waals surface area contributed by atoms with Gasteiger partial charge in [0.15, 0.2) is 12.2 Å². The Kier molecular flexibility index (Phi) is 63.4. The molecule has 0 aliphatic carbocycles. The van der Waals surface area contributed by atoms with E-state index in [0.717, 1.165) is 108 Å². The van der Waals surface area contributed by atoms with Gasteiger partial charge in [-0.25, -0.2) is 9.13 Å². The molecule has 17 nitrogen and oxygen atoms in total. The standard InChI is InChI=1S/C74H144O17P2/c1-8-10-11-12-13-14-15-16-22-25-28-33-41-48-55-71(76)84-61-69(90-73(78)57-50-43-34-29-26-23-20-18-17-19-21-24-27-31-38-45-52-65(3)4)63-88-92(80,81)86-59-68(75)60-87-93(82,83)89-64-70(91-74(79)58-51-44-35-30-32-39-46-53-66(5)6)62-85-72(77)56-49-42-37-36-40-47-54-67(7)9-2/h65-70,75H,8-64H2,1-7H3,(H,80,81)(H,82,83)/t67?,68-,69-,70-/m1/s1. The van der Waals surface area contributed by atoms with Crippen LogP contribution in [0.4, 0.5) is 0 Å². The van der Waals surface area contributed by atoms with Crippen LogP contribution in [-0.2, 0) is 65.4 Å². The number of carbonyl (C=O) groups is 4. The molecule has 0 bridgehead atoms. The molecular weight excluding hydrogens is 1220 g/mol. The molecular formula is C74H144O17P2. The molecule has 0 aromatic heterocycles. The van der Waals surface area contributed by atoms with Crippen molar-refractivity contribution < 1.29 is 80.2 Å². The van der Waals surface area contributed by atoms with Crippen LogP contribution in [-0.4, -0.2) is 96.7 Å². The fourth-order valence-corrected chi connectivity index (χ4v) is 12.8. The first-order valence-electron chi connectivity index (χ1n) is 38.4. The fraction of sp³-hybridized carbons (Fsp3) is 0.946. The van der Waals surface area contributed by atoms with Crippen LogP contribution < -0.4 is 0 Å². The Morgan fingerprint density at radius 2 is 0.548 bits per heavy atom. The largest absolute Gasteiger partial charge is 0.472 e. The highest BCUT2D eigenvalue weighted by molar-refractivity contribution is 7.47. The third-order valence-electron chi connectivity index (χ3n) is 17.5. The Bertz CT molecular complexity index is 1820. The molecule has 0 radical (unpaired) electrons. The van der Waals surface area contributed by atoms with Gasteiger partial charge in [-0.3, -0.25) is 37.3 Å². The summed E-state index contributed by atoms with van der Waals surface area (Å²) >= 11 is 0. The Labute approximate surface area is 568 Å². The van der Waals surface area contributed by atoms with E-state index in [1.54, 1.807) is 0 Å². The number of carbonyl (C=O) groups excluding carboxylic acids is 4. The first-order chi connectivity index (χ1) is 44.8. The summed E-state index contributed by atoms with van der Waals surface area (Å²) in [6, 6.07) is 0. The molecule has 0 aliphatic heterocycles. The Morgan fingerprint density at radius 3 is 0.817 bits per heavy atom. The number of hydrogen-bond acceptors (Lipinski definition) is 15. The first-order valence-corrected chi connectivity index (χ1v) is 41.4. The van der Waals surface area contributed by atoms with Crippen molar-refractivity contribution in [3.05, 3.63) is 0 Å². The van der Waals surface area contributed by atoms with Gasteiger partial charge in [0.05, 0.1) is 26.4 Å². The molecule has 0 saturated carbocycles. The predicted molar refractivity (Wildman–Crippen MR) is 377 cm³/mol. The van der Waals surface area contributed by atoms with E-state index in [4.69, 9.17) is 37.0 Å². The third-order valence-corrected chi connectivity index (χ3v) is 19.4.